The van der Waals surface area contributed by atoms with E-state index in [2.05, 4.69) is 35.1 Å². The summed E-state index contributed by atoms with van der Waals surface area (Å²) < 4.78 is 0. The first-order valence-electron chi connectivity index (χ1n) is 5.38. The molecular weight excluding hydrogens is 198 g/mol. The molecule has 2 aromatic rings. The van der Waals surface area contributed by atoms with Crippen molar-refractivity contribution in [3.05, 3.63) is 30.0 Å². The fourth-order valence-corrected chi connectivity index (χ4v) is 1.62. The van der Waals surface area contributed by atoms with Crippen molar-refractivity contribution in [2.45, 2.75) is 13.8 Å². The molecule has 0 radical (unpaired) electrons. The summed E-state index contributed by atoms with van der Waals surface area (Å²) in [6, 6.07) is 8.35. The second kappa shape index (κ2) is 4.00. The molecule has 0 aliphatic carbocycles. The molecule has 1 aromatic heterocycles. The van der Waals surface area contributed by atoms with Crippen LogP contribution in [0.15, 0.2) is 29.3 Å². The highest BCUT2D eigenvalue weighted by atomic mass is 15.1. The number of hydrogen-bond donors (Lipinski definition) is 1. The van der Waals surface area contributed by atoms with Gasteiger partial charge in [0.15, 0.2) is 0 Å². The van der Waals surface area contributed by atoms with Crippen molar-refractivity contribution < 1.29 is 0 Å². The molecule has 84 valence electrons. The van der Waals surface area contributed by atoms with Gasteiger partial charge >= 0.3 is 0 Å². The molecule has 0 atom stereocenters. The highest BCUT2D eigenvalue weighted by Crippen LogP contribution is 2.22. The molecule has 0 amide bonds. The monoisotopic (exact) mass is 215 g/mol. The lowest BCUT2D eigenvalue weighted by molar-refractivity contribution is 0.619. The zero-order valence-electron chi connectivity index (χ0n) is 10.2. The number of rotatable bonds is 1. The molecule has 1 heterocycles. The number of H-pyrrole nitrogens is 1. The van der Waals surface area contributed by atoms with E-state index in [1.807, 2.05) is 32.0 Å². The average Bonchev–Trinajstić information content (AvgIpc) is 2.57. The Bertz CT molecular complexity index is 535. The number of nitrogens with zero attached hydrogens (tertiary/aromatic N) is 2. The van der Waals surface area contributed by atoms with Gasteiger partial charge < -0.3 is 9.88 Å². The Morgan fingerprint density at radius 1 is 1.25 bits per heavy atom. The van der Waals surface area contributed by atoms with E-state index in [0.717, 1.165) is 11.5 Å². The number of aromatic amines is 1. The topological polar surface area (TPSA) is 31.4 Å². The van der Waals surface area contributed by atoms with Crippen molar-refractivity contribution in [3.8, 4) is 0 Å². The summed E-state index contributed by atoms with van der Waals surface area (Å²) in [6.45, 7) is 4.07. The largest absolute Gasteiger partial charge is 0.366 e. The number of fused-ring (bicyclic) bond motifs is 1. The molecule has 0 fully saturated rings. The van der Waals surface area contributed by atoms with Gasteiger partial charge in [-0.05, 0) is 38.1 Å². The Hall–Kier alpha value is -1.77. The second-order valence-corrected chi connectivity index (χ2v) is 4.28. The van der Waals surface area contributed by atoms with Gasteiger partial charge in [0.2, 0.25) is 0 Å². The van der Waals surface area contributed by atoms with Crippen LogP contribution in [0.25, 0.3) is 10.9 Å². The lowest BCUT2D eigenvalue weighted by Gasteiger charge is -2.10. The van der Waals surface area contributed by atoms with Crippen LogP contribution >= 0.6 is 0 Å². The summed E-state index contributed by atoms with van der Waals surface area (Å²) >= 11 is 0. The molecule has 0 spiro atoms. The summed E-state index contributed by atoms with van der Waals surface area (Å²) in [6.07, 6.45) is 0. The highest BCUT2D eigenvalue weighted by Gasteiger charge is 1.99. The van der Waals surface area contributed by atoms with Gasteiger partial charge in [0.25, 0.3) is 0 Å². The highest BCUT2D eigenvalue weighted by molar-refractivity contribution is 5.86. The van der Waals surface area contributed by atoms with Crippen molar-refractivity contribution in [3.63, 3.8) is 0 Å². The van der Waals surface area contributed by atoms with Gasteiger partial charge in [0.1, 0.15) is 5.84 Å². The number of aromatic nitrogens is 1. The molecule has 3 nitrogen and oxygen atoms in total. The Balaban J connectivity index is 2.43. The normalized spacial score (nSPS) is 12.1. The SMILES string of the molecule is C/C(=N\c1ccc2[nH]c(C)cc2c1)N(C)C. The molecule has 3 heteroatoms. The zero-order chi connectivity index (χ0) is 11.7. The van der Waals surface area contributed by atoms with Crippen molar-refractivity contribution in [2.75, 3.05) is 14.1 Å². The minimum absolute atomic E-state index is 0.998. The van der Waals surface area contributed by atoms with Crippen molar-refractivity contribution >= 4 is 22.4 Å². The van der Waals surface area contributed by atoms with Crippen molar-refractivity contribution in [1.82, 2.24) is 9.88 Å². The fourth-order valence-electron chi connectivity index (χ4n) is 1.62. The molecule has 2 rings (SSSR count). The Labute approximate surface area is 95.8 Å². The Morgan fingerprint density at radius 2 is 2.00 bits per heavy atom. The quantitative estimate of drug-likeness (QED) is 0.575. The van der Waals surface area contributed by atoms with E-state index in [-0.39, 0.29) is 0 Å². The van der Waals surface area contributed by atoms with Crippen molar-refractivity contribution in [2.24, 2.45) is 4.99 Å². The predicted molar refractivity (Wildman–Crippen MR) is 69.5 cm³/mol. The van der Waals surface area contributed by atoms with Gasteiger partial charge in [0, 0.05) is 30.7 Å². The second-order valence-electron chi connectivity index (χ2n) is 4.28. The third kappa shape index (κ3) is 2.08. The van der Waals surface area contributed by atoms with Crippen LogP contribution in [0, 0.1) is 6.92 Å². The maximum absolute atomic E-state index is 4.55. The van der Waals surface area contributed by atoms with Gasteiger partial charge in [-0.1, -0.05) is 0 Å². The smallest absolute Gasteiger partial charge is 0.101 e. The van der Waals surface area contributed by atoms with E-state index < -0.39 is 0 Å². The van der Waals surface area contributed by atoms with Gasteiger partial charge in [-0.25, -0.2) is 4.99 Å². The maximum Gasteiger partial charge on any atom is 0.101 e. The minimum Gasteiger partial charge on any atom is -0.366 e. The third-order valence-electron chi connectivity index (χ3n) is 2.68. The van der Waals surface area contributed by atoms with E-state index >= 15 is 0 Å². The number of aliphatic imine (C=N–C) groups is 1. The lowest BCUT2D eigenvalue weighted by atomic mass is 10.2. The van der Waals surface area contributed by atoms with Gasteiger partial charge in [-0.2, -0.15) is 0 Å². The molecule has 0 aliphatic rings. The van der Waals surface area contributed by atoms with Gasteiger partial charge in [0.05, 0.1) is 5.69 Å². The van der Waals surface area contributed by atoms with Gasteiger partial charge in [-0.3, -0.25) is 0 Å². The first-order valence-corrected chi connectivity index (χ1v) is 5.38. The van der Waals surface area contributed by atoms with Crippen LogP contribution in [-0.4, -0.2) is 29.8 Å². The summed E-state index contributed by atoms with van der Waals surface area (Å²) in [5.74, 6) is 1.01. The van der Waals surface area contributed by atoms with Crippen molar-refractivity contribution in [1.29, 1.82) is 0 Å². The molecule has 0 aliphatic heterocycles. The summed E-state index contributed by atoms with van der Waals surface area (Å²) in [5, 5.41) is 1.21. The molecule has 16 heavy (non-hydrogen) atoms. The average molecular weight is 215 g/mol. The molecule has 0 saturated carbocycles. The van der Waals surface area contributed by atoms with E-state index in [1.54, 1.807) is 0 Å². The molecular formula is C13H17N3. The first kappa shape index (κ1) is 10.7. The molecule has 0 unspecified atom stereocenters. The fraction of sp³-hybridized carbons (Fsp3) is 0.308. The lowest BCUT2D eigenvalue weighted by Crippen LogP contribution is -2.17. The van der Waals surface area contributed by atoms with E-state index in [1.165, 1.54) is 16.6 Å². The van der Waals surface area contributed by atoms with E-state index in [9.17, 15) is 0 Å². The summed E-state index contributed by atoms with van der Waals surface area (Å²) in [4.78, 5) is 9.86. The van der Waals surface area contributed by atoms with Crippen LogP contribution < -0.4 is 0 Å². The third-order valence-corrected chi connectivity index (χ3v) is 2.68. The van der Waals surface area contributed by atoms with Crippen LogP contribution in [-0.2, 0) is 0 Å². The van der Waals surface area contributed by atoms with Crippen LogP contribution in [0.1, 0.15) is 12.6 Å². The number of aryl methyl sites for hydroxylation is 1. The van der Waals surface area contributed by atoms with E-state index in [4.69, 9.17) is 0 Å². The number of benzene rings is 1. The van der Waals surface area contributed by atoms with Gasteiger partial charge in [-0.15, -0.1) is 0 Å². The molecule has 0 bridgehead atoms. The number of hydrogen-bond acceptors (Lipinski definition) is 1. The predicted octanol–water partition coefficient (Wildman–Crippen LogP) is 3.09. The standard InChI is InChI=1S/C13H17N3/c1-9-7-11-8-12(5-6-13(11)14-9)15-10(2)16(3)4/h5-8,14H,1-4H3/b15-10+. The van der Waals surface area contributed by atoms with Crippen LogP contribution in [0.2, 0.25) is 0 Å². The summed E-state index contributed by atoms with van der Waals surface area (Å²) in [5.41, 5.74) is 3.34. The zero-order valence-corrected chi connectivity index (χ0v) is 10.2. The van der Waals surface area contributed by atoms with Crippen LogP contribution in [0.3, 0.4) is 0 Å². The molecule has 1 N–H and O–H groups in total. The molecule has 1 aromatic carbocycles. The number of nitrogens with one attached hydrogen (secondary N) is 1. The summed E-state index contributed by atoms with van der Waals surface area (Å²) in [7, 11) is 4.00. The minimum atomic E-state index is 0.998. The maximum atomic E-state index is 4.55. The van der Waals surface area contributed by atoms with Crippen LogP contribution in [0.4, 0.5) is 5.69 Å². The molecule has 0 saturated heterocycles. The van der Waals surface area contributed by atoms with E-state index in [0.29, 0.717) is 0 Å². The first-order chi connectivity index (χ1) is 7.56. The van der Waals surface area contributed by atoms with Crippen LogP contribution in [0.5, 0.6) is 0 Å². The number of amidine groups is 1. The Morgan fingerprint density at radius 3 is 2.69 bits per heavy atom. The Kier molecular flexibility index (Phi) is 2.69.